The van der Waals surface area contributed by atoms with Crippen LogP contribution >= 0.6 is 0 Å². The molecule has 0 aromatic heterocycles. The van der Waals surface area contributed by atoms with Gasteiger partial charge in [-0.05, 0) is 19.3 Å². The maximum absolute atomic E-state index is 11.9. The summed E-state index contributed by atoms with van der Waals surface area (Å²) < 4.78 is 10.3. The number of hydrogen-bond donors (Lipinski definition) is 0. The molecule has 1 unspecified atom stereocenters. The third-order valence-corrected chi connectivity index (χ3v) is 4.31. The van der Waals surface area contributed by atoms with E-state index in [2.05, 4.69) is 13.8 Å². The van der Waals surface area contributed by atoms with Crippen molar-refractivity contribution in [2.24, 2.45) is 5.92 Å². The molecular formula is C20H38O4. The van der Waals surface area contributed by atoms with Crippen LogP contribution in [0.25, 0.3) is 0 Å². The molecule has 0 radical (unpaired) electrons. The molecule has 0 aromatic rings. The van der Waals surface area contributed by atoms with Gasteiger partial charge in [0.1, 0.15) is 13.2 Å². The Bertz CT molecular complexity index is 315. The number of rotatable bonds is 16. The van der Waals surface area contributed by atoms with Crippen molar-refractivity contribution in [2.75, 3.05) is 13.2 Å². The average molecular weight is 343 g/mol. The van der Waals surface area contributed by atoms with Crippen LogP contribution in [-0.2, 0) is 19.1 Å². The van der Waals surface area contributed by atoms with Crippen LogP contribution < -0.4 is 0 Å². The third kappa shape index (κ3) is 13.4. The van der Waals surface area contributed by atoms with Gasteiger partial charge < -0.3 is 9.47 Å². The minimum absolute atomic E-state index is 0.0200. The summed E-state index contributed by atoms with van der Waals surface area (Å²) in [6.07, 6.45) is 12.6. The van der Waals surface area contributed by atoms with Crippen molar-refractivity contribution in [1.29, 1.82) is 0 Å². The Hall–Kier alpha value is -1.06. The summed E-state index contributed by atoms with van der Waals surface area (Å²) in [6.45, 7) is 6.67. The maximum Gasteiger partial charge on any atom is 0.309 e. The molecule has 0 aliphatic heterocycles. The lowest BCUT2D eigenvalue weighted by Crippen LogP contribution is -2.20. The number of carbonyl (C=O) groups is 2. The summed E-state index contributed by atoms with van der Waals surface area (Å²) in [4.78, 5) is 23.5. The van der Waals surface area contributed by atoms with Crippen LogP contribution in [0.3, 0.4) is 0 Å². The lowest BCUT2D eigenvalue weighted by atomic mass is 10.00. The Morgan fingerprint density at radius 3 is 1.96 bits per heavy atom. The zero-order chi connectivity index (χ0) is 18.0. The highest BCUT2D eigenvalue weighted by atomic mass is 16.6. The summed E-state index contributed by atoms with van der Waals surface area (Å²) in [6, 6.07) is 0. The smallest absolute Gasteiger partial charge is 0.309 e. The predicted molar refractivity (Wildman–Crippen MR) is 97.8 cm³/mol. The fraction of sp³-hybridized carbons (Fsp3) is 0.900. The number of hydrogen-bond acceptors (Lipinski definition) is 4. The predicted octanol–water partition coefficient (Wildman–Crippen LogP) is 5.43. The summed E-state index contributed by atoms with van der Waals surface area (Å²) in [5, 5.41) is 0. The topological polar surface area (TPSA) is 52.6 Å². The zero-order valence-corrected chi connectivity index (χ0v) is 16.1. The molecule has 0 aliphatic carbocycles. The molecule has 0 saturated carbocycles. The van der Waals surface area contributed by atoms with Gasteiger partial charge in [0, 0.05) is 6.42 Å². The van der Waals surface area contributed by atoms with E-state index in [1.807, 2.05) is 6.92 Å². The number of unbranched alkanes of at least 4 members (excludes halogenated alkanes) is 7. The second-order valence-electron chi connectivity index (χ2n) is 6.51. The van der Waals surface area contributed by atoms with Gasteiger partial charge in [0.2, 0.25) is 0 Å². The van der Waals surface area contributed by atoms with Crippen molar-refractivity contribution in [3.05, 3.63) is 0 Å². The molecule has 0 aliphatic rings. The van der Waals surface area contributed by atoms with E-state index in [1.165, 1.54) is 32.1 Å². The Morgan fingerprint density at radius 1 is 0.750 bits per heavy atom. The second kappa shape index (κ2) is 16.8. The van der Waals surface area contributed by atoms with Crippen molar-refractivity contribution in [1.82, 2.24) is 0 Å². The zero-order valence-electron chi connectivity index (χ0n) is 16.1. The molecule has 4 heteroatoms. The lowest BCUT2D eigenvalue weighted by molar-refractivity contribution is -0.155. The summed E-state index contributed by atoms with van der Waals surface area (Å²) in [7, 11) is 0. The first-order valence-electron chi connectivity index (χ1n) is 9.97. The van der Waals surface area contributed by atoms with Crippen LogP contribution in [0, 0.1) is 5.92 Å². The van der Waals surface area contributed by atoms with Gasteiger partial charge in [-0.25, -0.2) is 0 Å². The van der Waals surface area contributed by atoms with E-state index < -0.39 is 0 Å². The first kappa shape index (κ1) is 22.9. The van der Waals surface area contributed by atoms with Crippen LogP contribution in [-0.4, -0.2) is 25.2 Å². The molecule has 0 N–H and O–H groups in total. The second-order valence-corrected chi connectivity index (χ2v) is 6.51. The van der Waals surface area contributed by atoms with E-state index in [-0.39, 0.29) is 31.1 Å². The van der Waals surface area contributed by atoms with Gasteiger partial charge >= 0.3 is 11.9 Å². The van der Waals surface area contributed by atoms with E-state index in [0.717, 1.165) is 38.5 Å². The maximum atomic E-state index is 11.9. The Morgan fingerprint density at radius 2 is 1.33 bits per heavy atom. The van der Waals surface area contributed by atoms with Gasteiger partial charge in [-0.3, -0.25) is 9.59 Å². The molecule has 24 heavy (non-hydrogen) atoms. The van der Waals surface area contributed by atoms with E-state index in [0.29, 0.717) is 6.42 Å². The summed E-state index contributed by atoms with van der Waals surface area (Å²) in [5.41, 5.74) is 0. The van der Waals surface area contributed by atoms with Gasteiger partial charge in [0.15, 0.2) is 0 Å². The third-order valence-electron chi connectivity index (χ3n) is 4.31. The highest BCUT2D eigenvalue weighted by molar-refractivity contribution is 5.72. The van der Waals surface area contributed by atoms with E-state index >= 15 is 0 Å². The van der Waals surface area contributed by atoms with Crippen LogP contribution in [0.4, 0.5) is 0 Å². The van der Waals surface area contributed by atoms with Crippen LogP contribution in [0.5, 0.6) is 0 Å². The Balaban J connectivity index is 3.55. The standard InChI is InChI=1S/C20H38O4/c1-4-7-9-10-11-12-13-15-19(21)23-16-17-24-20(22)18(6-3)14-8-5-2/h18H,4-17H2,1-3H3. The van der Waals surface area contributed by atoms with Gasteiger partial charge in [-0.2, -0.15) is 0 Å². The SMILES string of the molecule is CCCCCCCCCC(=O)OCCOC(=O)C(CC)CCCC. The largest absolute Gasteiger partial charge is 0.462 e. The van der Waals surface area contributed by atoms with Crippen molar-refractivity contribution < 1.29 is 19.1 Å². The quantitative estimate of drug-likeness (QED) is 0.277. The highest BCUT2D eigenvalue weighted by Gasteiger charge is 2.17. The lowest BCUT2D eigenvalue weighted by Gasteiger charge is -2.13. The van der Waals surface area contributed by atoms with Gasteiger partial charge in [-0.1, -0.05) is 72.1 Å². The van der Waals surface area contributed by atoms with Crippen molar-refractivity contribution in [3.8, 4) is 0 Å². The number of ether oxygens (including phenoxy) is 2. The van der Waals surface area contributed by atoms with Gasteiger partial charge in [0.25, 0.3) is 0 Å². The van der Waals surface area contributed by atoms with Crippen LogP contribution in [0.1, 0.15) is 97.8 Å². The average Bonchev–Trinajstić information content (AvgIpc) is 2.58. The van der Waals surface area contributed by atoms with Crippen LogP contribution in [0.2, 0.25) is 0 Å². The molecule has 0 bridgehead atoms. The van der Waals surface area contributed by atoms with Crippen molar-refractivity contribution in [2.45, 2.75) is 97.8 Å². The molecule has 0 aromatic carbocycles. The number of esters is 2. The monoisotopic (exact) mass is 342 g/mol. The normalized spacial score (nSPS) is 12.0. The Kier molecular flexibility index (Phi) is 16.0. The van der Waals surface area contributed by atoms with Crippen molar-refractivity contribution in [3.63, 3.8) is 0 Å². The molecule has 142 valence electrons. The minimum atomic E-state index is -0.183. The molecule has 0 fully saturated rings. The fourth-order valence-corrected chi connectivity index (χ4v) is 2.65. The van der Waals surface area contributed by atoms with E-state index in [4.69, 9.17) is 9.47 Å². The first-order valence-corrected chi connectivity index (χ1v) is 9.97. The minimum Gasteiger partial charge on any atom is -0.462 e. The molecule has 0 amide bonds. The van der Waals surface area contributed by atoms with Gasteiger partial charge in [-0.15, -0.1) is 0 Å². The van der Waals surface area contributed by atoms with Gasteiger partial charge in [0.05, 0.1) is 5.92 Å². The van der Waals surface area contributed by atoms with E-state index in [9.17, 15) is 9.59 Å². The Labute approximate surface area is 148 Å². The highest BCUT2D eigenvalue weighted by Crippen LogP contribution is 2.14. The van der Waals surface area contributed by atoms with Crippen molar-refractivity contribution >= 4 is 11.9 Å². The molecule has 0 rings (SSSR count). The fourth-order valence-electron chi connectivity index (χ4n) is 2.65. The van der Waals surface area contributed by atoms with Crippen LogP contribution in [0.15, 0.2) is 0 Å². The number of carbonyl (C=O) groups excluding carboxylic acids is 2. The molecule has 0 saturated heterocycles. The molecule has 1 atom stereocenters. The van der Waals surface area contributed by atoms with E-state index in [1.54, 1.807) is 0 Å². The molecule has 0 spiro atoms. The molecule has 0 heterocycles. The molecular weight excluding hydrogens is 304 g/mol. The summed E-state index contributed by atoms with van der Waals surface area (Å²) >= 11 is 0. The first-order chi connectivity index (χ1) is 11.7. The summed E-state index contributed by atoms with van der Waals surface area (Å²) in [5.74, 6) is -0.361. The molecule has 4 nitrogen and oxygen atoms in total.